The maximum Gasteiger partial charge on any atom is 0.152 e. The number of ketones is 1. The second kappa shape index (κ2) is 8.51. The van der Waals surface area contributed by atoms with Gasteiger partial charge in [0.1, 0.15) is 24.0 Å². The number of ether oxygens (including phenoxy) is 1. The summed E-state index contributed by atoms with van der Waals surface area (Å²) in [7, 11) is 0. The third-order valence-corrected chi connectivity index (χ3v) is 4.11. The van der Waals surface area contributed by atoms with Crippen LogP contribution in [0.25, 0.3) is 0 Å². The van der Waals surface area contributed by atoms with Gasteiger partial charge in [0.25, 0.3) is 0 Å². The highest BCUT2D eigenvalue weighted by molar-refractivity contribution is 5.84. The van der Waals surface area contributed by atoms with Gasteiger partial charge in [-0.2, -0.15) is 0 Å². The molecule has 3 nitrogen and oxygen atoms in total. The number of aryl methyl sites for hydroxylation is 2. The molecule has 0 aromatic heterocycles. The van der Waals surface area contributed by atoms with E-state index in [1.807, 2.05) is 46.8 Å². The Labute approximate surface area is 159 Å². The van der Waals surface area contributed by atoms with Crippen LogP contribution in [0.1, 0.15) is 43.9 Å². The van der Waals surface area contributed by atoms with Crippen LogP contribution >= 0.6 is 0 Å². The quantitative estimate of drug-likeness (QED) is 0.687. The van der Waals surface area contributed by atoms with E-state index in [9.17, 15) is 13.6 Å². The topological polar surface area (TPSA) is 38.3 Å². The van der Waals surface area contributed by atoms with Gasteiger partial charge in [0.15, 0.2) is 5.78 Å². The molecule has 0 saturated carbocycles. The van der Waals surface area contributed by atoms with Crippen LogP contribution < -0.4 is 10.1 Å². The molecule has 0 heterocycles. The van der Waals surface area contributed by atoms with Crippen molar-refractivity contribution in [3.05, 3.63) is 58.7 Å². The Hall–Kier alpha value is -2.43. The fourth-order valence-electron chi connectivity index (χ4n) is 2.93. The summed E-state index contributed by atoms with van der Waals surface area (Å²) in [6, 6.07) is 7.10. The third kappa shape index (κ3) is 6.35. The first-order valence-electron chi connectivity index (χ1n) is 8.99. The zero-order valence-electron chi connectivity index (χ0n) is 16.6. The highest BCUT2D eigenvalue weighted by Crippen LogP contribution is 2.27. The number of Topliss-reactive ketones (excluding diaryl/α,β-unsaturated/α-hetero) is 1. The molecule has 0 fully saturated rings. The van der Waals surface area contributed by atoms with Gasteiger partial charge < -0.3 is 10.1 Å². The monoisotopic (exact) mass is 375 g/mol. The second-order valence-electron chi connectivity index (χ2n) is 8.09. The predicted octanol–water partition coefficient (Wildman–Crippen LogP) is 5.58. The number of halogens is 2. The molecule has 0 radical (unpaired) electrons. The fraction of sp³-hybridized carbons (Fsp3) is 0.409. The molecule has 0 aliphatic heterocycles. The van der Waals surface area contributed by atoms with E-state index in [2.05, 4.69) is 5.32 Å². The molecule has 0 aliphatic carbocycles. The average Bonchev–Trinajstić information content (AvgIpc) is 2.51. The van der Waals surface area contributed by atoms with Gasteiger partial charge in [0.05, 0.1) is 6.54 Å². The van der Waals surface area contributed by atoms with Crippen LogP contribution in [-0.4, -0.2) is 12.3 Å². The molecule has 146 valence electrons. The maximum atomic E-state index is 13.7. The first-order chi connectivity index (χ1) is 12.5. The number of hydrogen-bond acceptors (Lipinski definition) is 3. The van der Waals surface area contributed by atoms with E-state index in [-0.39, 0.29) is 24.3 Å². The summed E-state index contributed by atoms with van der Waals surface area (Å²) in [5, 5.41) is 3.21. The molecular formula is C22H27F2NO2. The van der Waals surface area contributed by atoms with Crippen molar-refractivity contribution in [2.45, 2.75) is 47.6 Å². The molecule has 2 aromatic rings. The summed E-state index contributed by atoms with van der Waals surface area (Å²) in [4.78, 5) is 12.1. The second-order valence-corrected chi connectivity index (χ2v) is 8.09. The smallest absolute Gasteiger partial charge is 0.152 e. The van der Waals surface area contributed by atoms with Gasteiger partial charge >= 0.3 is 0 Å². The van der Waals surface area contributed by atoms with Crippen molar-refractivity contribution in [3.8, 4) is 5.75 Å². The van der Waals surface area contributed by atoms with Crippen LogP contribution in [0.15, 0.2) is 30.3 Å². The lowest BCUT2D eigenvalue weighted by Crippen LogP contribution is -2.20. The number of rotatable bonds is 7. The Kier molecular flexibility index (Phi) is 6.58. The highest BCUT2D eigenvalue weighted by Gasteiger charge is 2.16. The maximum absolute atomic E-state index is 13.7. The molecule has 0 bridgehead atoms. The van der Waals surface area contributed by atoms with Gasteiger partial charge in [-0.05, 0) is 54.7 Å². The van der Waals surface area contributed by atoms with Gasteiger partial charge in [0.2, 0.25) is 0 Å². The van der Waals surface area contributed by atoms with Crippen LogP contribution in [0.3, 0.4) is 0 Å². The van der Waals surface area contributed by atoms with Crippen LogP contribution in [0, 0.1) is 30.9 Å². The minimum absolute atomic E-state index is 0.0157. The minimum Gasteiger partial charge on any atom is -0.489 e. The SMILES string of the molecule is Cc1cc(OCc2ccc(F)cc2F)cc(C)c1NCC(=O)CC(C)(C)C. The lowest BCUT2D eigenvalue weighted by molar-refractivity contribution is -0.119. The highest BCUT2D eigenvalue weighted by atomic mass is 19.1. The first-order valence-corrected chi connectivity index (χ1v) is 8.99. The van der Waals surface area contributed by atoms with Crippen LogP contribution in [0.2, 0.25) is 0 Å². The number of hydrogen-bond donors (Lipinski definition) is 1. The third-order valence-electron chi connectivity index (χ3n) is 4.11. The molecule has 0 amide bonds. The number of nitrogens with one attached hydrogen (secondary N) is 1. The Morgan fingerprint density at radius 2 is 1.70 bits per heavy atom. The standard InChI is InChI=1S/C22H27F2NO2/c1-14-8-19(27-13-16-6-7-17(23)10-20(16)24)9-15(2)21(14)25-12-18(26)11-22(3,4)5/h6-10,25H,11-13H2,1-5H3. The van der Waals surface area contributed by atoms with Gasteiger partial charge in [-0.3, -0.25) is 4.79 Å². The van der Waals surface area contributed by atoms with E-state index in [0.29, 0.717) is 17.7 Å². The van der Waals surface area contributed by atoms with E-state index < -0.39 is 11.6 Å². The number of carbonyl (C=O) groups is 1. The molecule has 2 aromatic carbocycles. The Morgan fingerprint density at radius 3 is 2.26 bits per heavy atom. The van der Waals surface area contributed by atoms with Crippen molar-refractivity contribution in [3.63, 3.8) is 0 Å². The Balaban J connectivity index is 2.02. The van der Waals surface area contributed by atoms with Crippen molar-refractivity contribution in [1.82, 2.24) is 0 Å². The van der Waals surface area contributed by atoms with E-state index >= 15 is 0 Å². The normalized spacial score (nSPS) is 11.4. The molecule has 27 heavy (non-hydrogen) atoms. The molecule has 0 unspecified atom stereocenters. The number of anilines is 1. The predicted molar refractivity (Wildman–Crippen MR) is 104 cm³/mol. The largest absolute Gasteiger partial charge is 0.489 e. The van der Waals surface area contributed by atoms with Crippen LogP contribution in [0.4, 0.5) is 14.5 Å². The summed E-state index contributed by atoms with van der Waals surface area (Å²) >= 11 is 0. The molecule has 1 N–H and O–H groups in total. The Bertz CT molecular complexity index is 803. The van der Waals surface area contributed by atoms with Crippen molar-refractivity contribution < 1.29 is 18.3 Å². The molecule has 0 atom stereocenters. The van der Waals surface area contributed by atoms with Crippen molar-refractivity contribution in [2.24, 2.45) is 5.41 Å². The summed E-state index contributed by atoms with van der Waals surface area (Å²) in [6.07, 6.45) is 0.516. The zero-order valence-corrected chi connectivity index (χ0v) is 16.6. The van der Waals surface area contributed by atoms with Gasteiger partial charge in [-0.1, -0.05) is 20.8 Å². The molecule has 5 heteroatoms. The van der Waals surface area contributed by atoms with Crippen molar-refractivity contribution in [2.75, 3.05) is 11.9 Å². The van der Waals surface area contributed by atoms with Gasteiger partial charge in [-0.15, -0.1) is 0 Å². The lowest BCUT2D eigenvalue weighted by Gasteiger charge is -2.19. The summed E-state index contributed by atoms with van der Waals surface area (Å²) in [6.45, 7) is 10.3. The minimum atomic E-state index is -0.626. The van der Waals surface area contributed by atoms with Crippen LogP contribution in [0.5, 0.6) is 5.75 Å². The molecule has 0 saturated heterocycles. The van der Waals surface area contributed by atoms with E-state index in [0.717, 1.165) is 22.9 Å². The molecule has 2 rings (SSSR count). The number of carbonyl (C=O) groups excluding carboxylic acids is 1. The summed E-state index contributed by atoms with van der Waals surface area (Å²) in [5.41, 5.74) is 3.04. The van der Waals surface area contributed by atoms with Crippen molar-refractivity contribution in [1.29, 1.82) is 0 Å². The molecular weight excluding hydrogens is 348 g/mol. The van der Waals surface area contributed by atoms with Crippen molar-refractivity contribution >= 4 is 11.5 Å². The van der Waals surface area contributed by atoms with E-state index in [1.54, 1.807) is 0 Å². The Morgan fingerprint density at radius 1 is 1.07 bits per heavy atom. The van der Waals surface area contributed by atoms with Gasteiger partial charge in [0, 0.05) is 23.7 Å². The van der Waals surface area contributed by atoms with E-state index in [1.165, 1.54) is 12.1 Å². The average molecular weight is 375 g/mol. The van der Waals surface area contributed by atoms with Crippen LogP contribution in [-0.2, 0) is 11.4 Å². The summed E-state index contributed by atoms with van der Waals surface area (Å²) < 4.78 is 32.3. The zero-order chi connectivity index (χ0) is 20.2. The summed E-state index contributed by atoms with van der Waals surface area (Å²) in [5.74, 6) is -0.479. The molecule has 0 aliphatic rings. The fourth-order valence-corrected chi connectivity index (χ4v) is 2.93. The lowest BCUT2D eigenvalue weighted by atomic mass is 9.90. The first kappa shape index (κ1) is 20.9. The molecule has 0 spiro atoms. The van der Waals surface area contributed by atoms with Gasteiger partial charge in [-0.25, -0.2) is 8.78 Å². The number of benzene rings is 2. The van der Waals surface area contributed by atoms with E-state index in [4.69, 9.17) is 4.74 Å².